The second-order valence-corrected chi connectivity index (χ2v) is 7.33. The van der Waals surface area contributed by atoms with E-state index in [9.17, 15) is 4.55 Å². The number of hydrogen-bond acceptors (Lipinski definition) is 7. The van der Waals surface area contributed by atoms with Gasteiger partial charge in [0, 0.05) is 28.9 Å². The van der Waals surface area contributed by atoms with Crippen molar-refractivity contribution >= 4 is 22.8 Å². The molecule has 1 aliphatic rings. The summed E-state index contributed by atoms with van der Waals surface area (Å²) in [6.07, 6.45) is 7.87. The minimum Gasteiger partial charge on any atom is -0.546 e. The minimum atomic E-state index is -1.52. The molecular weight excluding hydrogens is 362 g/mol. The van der Waals surface area contributed by atoms with Crippen LogP contribution < -0.4 is 15.4 Å². The fourth-order valence-electron chi connectivity index (χ4n) is 3.10. The largest absolute Gasteiger partial charge is 0.546 e. The van der Waals surface area contributed by atoms with E-state index in [-0.39, 0.29) is 0 Å². The third kappa shape index (κ3) is 6.20. The molecule has 1 unspecified atom stereocenters. The molecule has 2 N–H and O–H groups in total. The van der Waals surface area contributed by atoms with Gasteiger partial charge in [-0.15, -0.1) is 0 Å². The van der Waals surface area contributed by atoms with Gasteiger partial charge in [-0.25, -0.2) is 0 Å². The predicted molar refractivity (Wildman–Crippen MR) is 109 cm³/mol. The summed E-state index contributed by atoms with van der Waals surface area (Å²) in [4.78, 5) is 2.51. The van der Waals surface area contributed by atoms with Gasteiger partial charge in [0.25, 0.3) is 0 Å². The van der Waals surface area contributed by atoms with E-state index in [0.717, 1.165) is 12.3 Å². The van der Waals surface area contributed by atoms with E-state index in [4.69, 9.17) is 4.74 Å². The van der Waals surface area contributed by atoms with Gasteiger partial charge in [-0.05, 0) is 49.7 Å². The highest BCUT2D eigenvalue weighted by Gasteiger charge is 2.12. The van der Waals surface area contributed by atoms with E-state index in [1.807, 2.05) is 18.2 Å². The monoisotopic (exact) mass is 389 g/mol. The van der Waals surface area contributed by atoms with Crippen molar-refractivity contribution in [3.8, 4) is 5.75 Å². The molecule has 0 spiro atoms. The highest BCUT2D eigenvalue weighted by molar-refractivity contribution is 7.14. The van der Waals surface area contributed by atoms with Gasteiger partial charge in [0.15, 0.2) is 11.1 Å². The van der Waals surface area contributed by atoms with Crippen LogP contribution in [0.1, 0.15) is 24.8 Å². The first-order valence-electron chi connectivity index (χ1n) is 9.35. The molecule has 2 heterocycles. The summed E-state index contributed by atoms with van der Waals surface area (Å²) in [7, 11) is 1.72. The molecule has 0 amide bonds. The Bertz CT molecular complexity index is 743. The van der Waals surface area contributed by atoms with E-state index in [0.29, 0.717) is 24.8 Å². The maximum atomic E-state index is 11.3. The standard InChI is InChI=1S/C19H27N5O2S/c1-20-18-19(23-27(25)22-18)21-10-3-6-13-26-17-9-7-8-16(14-17)15-24-11-4-2-5-12-24/h3,6-9,14H,2,4-5,10-13,15H2,1H3,(H,20,22)(H,21,23). The number of benzene rings is 1. The summed E-state index contributed by atoms with van der Waals surface area (Å²) in [5, 5.41) is 5.95. The van der Waals surface area contributed by atoms with Crippen LogP contribution in [0, 0.1) is 0 Å². The maximum absolute atomic E-state index is 11.3. The van der Waals surface area contributed by atoms with Crippen LogP contribution in [0.25, 0.3) is 0 Å². The lowest BCUT2D eigenvalue weighted by molar-refractivity contribution is 0.220. The SMILES string of the molecule is CNc1n[s+]([O-])nc1NCC=CCOc1cccc(CN2CCCCC2)c1. The highest BCUT2D eigenvalue weighted by Crippen LogP contribution is 2.21. The molecular formula is C19H27N5O2S. The molecule has 27 heavy (non-hydrogen) atoms. The highest BCUT2D eigenvalue weighted by atomic mass is 32.2. The first-order chi connectivity index (χ1) is 13.2. The zero-order valence-corrected chi connectivity index (χ0v) is 16.5. The van der Waals surface area contributed by atoms with Crippen molar-refractivity contribution in [3.63, 3.8) is 0 Å². The molecule has 2 aromatic rings. The van der Waals surface area contributed by atoms with Gasteiger partial charge < -0.3 is 19.9 Å². The molecule has 1 aromatic heterocycles. The first-order valence-corrected chi connectivity index (χ1v) is 10.4. The Morgan fingerprint density at radius 3 is 2.81 bits per heavy atom. The van der Waals surface area contributed by atoms with Crippen molar-refractivity contribution in [2.75, 3.05) is 43.9 Å². The number of piperidine rings is 1. The van der Waals surface area contributed by atoms with Gasteiger partial charge in [-0.1, -0.05) is 24.6 Å². The number of nitrogens with one attached hydrogen (secondary N) is 2. The lowest BCUT2D eigenvalue weighted by atomic mass is 10.1. The minimum absolute atomic E-state index is 0.500. The van der Waals surface area contributed by atoms with Gasteiger partial charge in [0.1, 0.15) is 12.4 Å². The number of likely N-dealkylation sites (tertiary alicyclic amines) is 1. The molecule has 0 bridgehead atoms. The van der Waals surface area contributed by atoms with Crippen molar-refractivity contribution in [1.29, 1.82) is 0 Å². The van der Waals surface area contributed by atoms with Crippen molar-refractivity contribution in [1.82, 2.24) is 13.6 Å². The number of anilines is 2. The normalized spacial score (nSPS) is 15.9. The number of aromatic nitrogens is 2. The number of rotatable bonds is 9. The van der Waals surface area contributed by atoms with Crippen molar-refractivity contribution in [2.24, 2.45) is 0 Å². The van der Waals surface area contributed by atoms with Crippen LogP contribution in [-0.4, -0.2) is 51.5 Å². The van der Waals surface area contributed by atoms with Gasteiger partial charge in [-0.2, -0.15) is 0 Å². The van der Waals surface area contributed by atoms with Gasteiger partial charge in [-0.3, -0.25) is 4.90 Å². The Labute approximate surface area is 163 Å². The van der Waals surface area contributed by atoms with Gasteiger partial charge in [0.2, 0.25) is 11.6 Å². The first kappa shape index (κ1) is 19.6. The summed E-state index contributed by atoms with van der Waals surface area (Å²) < 4.78 is 24.9. The molecule has 0 saturated carbocycles. The van der Waals surface area contributed by atoms with E-state index in [1.165, 1.54) is 37.9 Å². The van der Waals surface area contributed by atoms with Crippen LogP contribution in [0.5, 0.6) is 5.75 Å². The fraction of sp³-hybridized carbons (Fsp3) is 0.474. The van der Waals surface area contributed by atoms with Crippen molar-refractivity contribution < 1.29 is 9.29 Å². The summed E-state index contributed by atoms with van der Waals surface area (Å²) in [5.74, 6) is 1.93. The molecule has 0 aliphatic carbocycles. The molecule has 1 aromatic carbocycles. The van der Waals surface area contributed by atoms with Crippen molar-refractivity contribution in [2.45, 2.75) is 25.8 Å². The molecule has 146 valence electrons. The Morgan fingerprint density at radius 1 is 1.19 bits per heavy atom. The van der Waals surface area contributed by atoms with Crippen LogP contribution in [0.15, 0.2) is 36.4 Å². The molecule has 8 heteroatoms. The lowest BCUT2D eigenvalue weighted by Crippen LogP contribution is -2.29. The van der Waals surface area contributed by atoms with Crippen LogP contribution in [-0.2, 0) is 6.54 Å². The lowest BCUT2D eigenvalue weighted by Gasteiger charge is -2.26. The molecule has 7 nitrogen and oxygen atoms in total. The Kier molecular flexibility index (Phi) is 7.44. The van der Waals surface area contributed by atoms with E-state index >= 15 is 0 Å². The second kappa shape index (κ2) is 10.2. The summed E-state index contributed by atoms with van der Waals surface area (Å²) >= 11 is -1.52. The fourth-order valence-corrected chi connectivity index (χ4v) is 3.79. The number of nitrogens with zero attached hydrogens (tertiary/aromatic N) is 3. The average Bonchev–Trinajstić information content (AvgIpc) is 3.05. The van der Waals surface area contributed by atoms with Crippen LogP contribution >= 0.6 is 11.1 Å². The summed E-state index contributed by atoms with van der Waals surface area (Å²) in [6, 6.07) is 8.33. The molecule has 0 radical (unpaired) electrons. The smallest absolute Gasteiger partial charge is 0.233 e. The molecule has 1 atom stereocenters. The van der Waals surface area contributed by atoms with Crippen LogP contribution in [0.4, 0.5) is 11.6 Å². The molecule has 3 rings (SSSR count). The van der Waals surface area contributed by atoms with Crippen LogP contribution in [0.2, 0.25) is 0 Å². The Hall–Kier alpha value is -2.16. The molecule has 1 aliphatic heterocycles. The van der Waals surface area contributed by atoms with E-state index in [1.54, 1.807) is 7.05 Å². The Balaban J connectivity index is 1.40. The van der Waals surface area contributed by atoms with Gasteiger partial charge >= 0.3 is 0 Å². The predicted octanol–water partition coefficient (Wildman–Crippen LogP) is 3.28. The quantitative estimate of drug-likeness (QED) is 0.503. The average molecular weight is 390 g/mol. The molecule has 1 saturated heterocycles. The zero-order chi connectivity index (χ0) is 18.9. The number of hydrogen-bond donors (Lipinski definition) is 2. The Morgan fingerprint density at radius 2 is 2.00 bits per heavy atom. The second-order valence-electron chi connectivity index (χ2n) is 6.51. The number of ether oxygens (including phenoxy) is 1. The summed E-state index contributed by atoms with van der Waals surface area (Å²) in [5.41, 5.74) is 1.30. The maximum Gasteiger partial charge on any atom is 0.233 e. The third-order valence-electron chi connectivity index (χ3n) is 4.45. The zero-order valence-electron chi connectivity index (χ0n) is 15.7. The van der Waals surface area contributed by atoms with Crippen LogP contribution in [0.3, 0.4) is 0 Å². The molecule has 1 fully saturated rings. The van der Waals surface area contributed by atoms with E-state index < -0.39 is 11.1 Å². The van der Waals surface area contributed by atoms with Gasteiger partial charge in [0.05, 0.1) is 0 Å². The third-order valence-corrected chi connectivity index (χ3v) is 5.13. The summed E-state index contributed by atoms with van der Waals surface area (Å²) in [6.45, 7) is 4.45. The van der Waals surface area contributed by atoms with E-state index in [2.05, 4.69) is 42.5 Å². The topological polar surface area (TPSA) is 85.4 Å². The van der Waals surface area contributed by atoms with Crippen molar-refractivity contribution in [3.05, 3.63) is 42.0 Å².